The standard InChI is InChI=1S/C21H20N6O/c1-14-5-3-10-23-18(14)13-28-21-17(15-6-2-7-15)11-19-24-25-20(27(19)26-21)16-8-4-9-22-12-16/h3-5,8-12,15H,2,6-7,13H2,1H3. The molecule has 5 rings (SSSR count). The topological polar surface area (TPSA) is 78.1 Å². The van der Waals surface area contributed by atoms with Crippen LogP contribution in [0.1, 0.15) is 42.0 Å². The summed E-state index contributed by atoms with van der Waals surface area (Å²) in [5.41, 5.74) is 4.72. The molecule has 0 unspecified atom stereocenters. The van der Waals surface area contributed by atoms with Crippen molar-refractivity contribution in [2.45, 2.75) is 38.7 Å². The van der Waals surface area contributed by atoms with Gasteiger partial charge in [0.1, 0.15) is 6.61 Å². The van der Waals surface area contributed by atoms with Crippen molar-refractivity contribution in [1.29, 1.82) is 0 Å². The Kier molecular flexibility index (Phi) is 4.20. The van der Waals surface area contributed by atoms with E-state index in [9.17, 15) is 0 Å². The molecule has 0 aromatic carbocycles. The Morgan fingerprint density at radius 3 is 2.79 bits per heavy atom. The van der Waals surface area contributed by atoms with E-state index in [1.165, 1.54) is 6.42 Å². The van der Waals surface area contributed by atoms with Crippen LogP contribution in [0.2, 0.25) is 0 Å². The lowest BCUT2D eigenvalue weighted by molar-refractivity contribution is 0.272. The third kappa shape index (κ3) is 2.98. The monoisotopic (exact) mass is 372 g/mol. The largest absolute Gasteiger partial charge is 0.470 e. The smallest absolute Gasteiger partial charge is 0.235 e. The van der Waals surface area contributed by atoms with Crippen molar-refractivity contribution in [3.8, 4) is 17.3 Å². The molecule has 140 valence electrons. The zero-order valence-corrected chi connectivity index (χ0v) is 15.6. The third-order valence-corrected chi connectivity index (χ3v) is 5.32. The molecule has 1 aliphatic carbocycles. The van der Waals surface area contributed by atoms with Gasteiger partial charge in [0, 0.05) is 29.7 Å². The van der Waals surface area contributed by atoms with Gasteiger partial charge in [0.25, 0.3) is 0 Å². The van der Waals surface area contributed by atoms with Gasteiger partial charge in [-0.25, -0.2) is 0 Å². The van der Waals surface area contributed by atoms with E-state index in [1.54, 1.807) is 23.1 Å². The maximum Gasteiger partial charge on any atom is 0.235 e. The molecule has 4 aromatic heterocycles. The maximum atomic E-state index is 6.16. The summed E-state index contributed by atoms with van der Waals surface area (Å²) >= 11 is 0. The van der Waals surface area contributed by atoms with Crippen molar-refractivity contribution in [2.75, 3.05) is 0 Å². The highest BCUT2D eigenvalue weighted by atomic mass is 16.5. The van der Waals surface area contributed by atoms with Crippen molar-refractivity contribution < 1.29 is 4.74 Å². The normalized spacial score (nSPS) is 14.2. The first kappa shape index (κ1) is 16.8. The van der Waals surface area contributed by atoms with E-state index in [-0.39, 0.29) is 0 Å². The highest BCUT2D eigenvalue weighted by Crippen LogP contribution is 2.40. The molecule has 1 aliphatic rings. The van der Waals surface area contributed by atoms with Crippen molar-refractivity contribution >= 4 is 5.65 Å². The lowest BCUT2D eigenvalue weighted by Crippen LogP contribution is -2.14. The highest BCUT2D eigenvalue weighted by Gasteiger charge is 2.26. The van der Waals surface area contributed by atoms with E-state index in [1.807, 2.05) is 31.2 Å². The fourth-order valence-corrected chi connectivity index (χ4v) is 3.43. The quantitative estimate of drug-likeness (QED) is 0.531. The van der Waals surface area contributed by atoms with E-state index in [0.29, 0.717) is 24.2 Å². The first-order valence-corrected chi connectivity index (χ1v) is 9.49. The summed E-state index contributed by atoms with van der Waals surface area (Å²) in [7, 11) is 0. The predicted octanol–water partition coefficient (Wildman–Crippen LogP) is 3.74. The summed E-state index contributed by atoms with van der Waals surface area (Å²) in [6, 6.07) is 9.85. The molecule has 4 heterocycles. The number of aromatic nitrogens is 6. The lowest BCUT2D eigenvalue weighted by atomic mass is 9.80. The van der Waals surface area contributed by atoms with E-state index in [0.717, 1.165) is 40.9 Å². The molecule has 0 amide bonds. The number of pyridine rings is 2. The zero-order valence-electron chi connectivity index (χ0n) is 15.6. The SMILES string of the molecule is Cc1cccnc1COc1nn2c(-c3cccnc3)nnc2cc1C1CCC1. The fraction of sp³-hybridized carbons (Fsp3) is 0.286. The predicted molar refractivity (Wildman–Crippen MR) is 104 cm³/mol. The minimum Gasteiger partial charge on any atom is -0.470 e. The van der Waals surface area contributed by atoms with Gasteiger partial charge in [-0.05, 0) is 55.5 Å². The van der Waals surface area contributed by atoms with Crippen LogP contribution in [0.25, 0.3) is 17.0 Å². The van der Waals surface area contributed by atoms with Gasteiger partial charge in [-0.2, -0.15) is 4.52 Å². The molecule has 4 aromatic rings. The molecular formula is C21H20N6O. The Balaban J connectivity index is 1.56. The summed E-state index contributed by atoms with van der Waals surface area (Å²) in [5.74, 6) is 1.75. The van der Waals surface area contributed by atoms with Gasteiger partial charge < -0.3 is 4.74 Å². The van der Waals surface area contributed by atoms with Crippen molar-refractivity contribution in [2.24, 2.45) is 0 Å². The van der Waals surface area contributed by atoms with Gasteiger partial charge >= 0.3 is 0 Å². The Bertz CT molecular complexity index is 1120. The second-order valence-electron chi connectivity index (χ2n) is 7.12. The van der Waals surface area contributed by atoms with Crippen molar-refractivity contribution in [3.05, 3.63) is 65.7 Å². The van der Waals surface area contributed by atoms with E-state index < -0.39 is 0 Å². The second-order valence-corrected chi connectivity index (χ2v) is 7.12. The molecule has 0 bridgehead atoms. The average molecular weight is 372 g/mol. The minimum atomic E-state index is 0.384. The molecule has 1 fully saturated rings. The summed E-state index contributed by atoms with van der Waals surface area (Å²) in [5, 5.41) is 13.4. The molecule has 0 saturated heterocycles. The molecule has 0 atom stereocenters. The third-order valence-electron chi connectivity index (χ3n) is 5.32. The van der Waals surface area contributed by atoms with Crippen molar-refractivity contribution in [3.63, 3.8) is 0 Å². The van der Waals surface area contributed by atoms with Crippen LogP contribution in [-0.2, 0) is 6.61 Å². The van der Waals surface area contributed by atoms with Crippen LogP contribution >= 0.6 is 0 Å². The van der Waals surface area contributed by atoms with Crippen LogP contribution in [0, 0.1) is 6.92 Å². The van der Waals surface area contributed by atoms with E-state index >= 15 is 0 Å². The number of ether oxygens (including phenoxy) is 1. The van der Waals surface area contributed by atoms with Crippen molar-refractivity contribution in [1.82, 2.24) is 29.8 Å². The van der Waals surface area contributed by atoms with E-state index in [4.69, 9.17) is 9.84 Å². The van der Waals surface area contributed by atoms with Gasteiger partial charge in [-0.3, -0.25) is 9.97 Å². The lowest BCUT2D eigenvalue weighted by Gasteiger charge is -2.27. The van der Waals surface area contributed by atoms with Gasteiger partial charge in [0.05, 0.1) is 5.69 Å². The second kappa shape index (κ2) is 6.99. The summed E-state index contributed by atoms with van der Waals surface area (Å²) in [6.07, 6.45) is 8.83. The molecule has 1 saturated carbocycles. The number of nitrogens with zero attached hydrogens (tertiary/aromatic N) is 6. The number of aryl methyl sites for hydroxylation is 1. The Morgan fingerprint density at radius 1 is 1.14 bits per heavy atom. The Labute approximate surface area is 162 Å². The van der Waals surface area contributed by atoms with Crippen LogP contribution < -0.4 is 4.74 Å². The van der Waals surface area contributed by atoms with Gasteiger partial charge in [0.15, 0.2) is 11.5 Å². The van der Waals surface area contributed by atoms with E-state index in [2.05, 4.69) is 26.2 Å². The summed E-state index contributed by atoms with van der Waals surface area (Å²) in [4.78, 5) is 8.60. The maximum absolute atomic E-state index is 6.16. The van der Waals surface area contributed by atoms with Gasteiger partial charge in [-0.1, -0.05) is 12.5 Å². The van der Waals surface area contributed by atoms with Crippen LogP contribution in [0.4, 0.5) is 0 Å². The molecule has 0 N–H and O–H groups in total. The summed E-state index contributed by atoms with van der Waals surface area (Å²) in [6.45, 7) is 2.42. The molecule has 7 nitrogen and oxygen atoms in total. The number of hydrogen-bond donors (Lipinski definition) is 0. The Hall–Kier alpha value is -3.35. The molecule has 7 heteroatoms. The molecule has 0 aliphatic heterocycles. The average Bonchev–Trinajstić information content (AvgIpc) is 3.09. The fourth-order valence-electron chi connectivity index (χ4n) is 3.43. The summed E-state index contributed by atoms with van der Waals surface area (Å²) < 4.78 is 7.90. The zero-order chi connectivity index (χ0) is 18.9. The number of hydrogen-bond acceptors (Lipinski definition) is 6. The van der Waals surface area contributed by atoms with Crippen LogP contribution in [0.5, 0.6) is 5.88 Å². The molecular weight excluding hydrogens is 352 g/mol. The first-order valence-electron chi connectivity index (χ1n) is 9.49. The molecule has 28 heavy (non-hydrogen) atoms. The number of rotatable bonds is 5. The first-order chi connectivity index (χ1) is 13.8. The van der Waals surface area contributed by atoms with Crippen LogP contribution in [0.3, 0.4) is 0 Å². The highest BCUT2D eigenvalue weighted by molar-refractivity contribution is 5.58. The molecule has 0 radical (unpaired) electrons. The molecule has 0 spiro atoms. The van der Waals surface area contributed by atoms with Crippen LogP contribution in [-0.4, -0.2) is 29.8 Å². The van der Waals surface area contributed by atoms with Gasteiger partial charge in [0.2, 0.25) is 5.88 Å². The minimum absolute atomic E-state index is 0.384. The van der Waals surface area contributed by atoms with Gasteiger partial charge in [-0.15, -0.1) is 15.3 Å². The van der Waals surface area contributed by atoms with Crippen LogP contribution in [0.15, 0.2) is 48.9 Å². The Morgan fingerprint density at radius 2 is 2.04 bits per heavy atom. The number of fused-ring (bicyclic) bond motifs is 1.